The third-order valence-corrected chi connectivity index (χ3v) is 1.94. The van der Waals surface area contributed by atoms with E-state index in [1.807, 2.05) is 0 Å². The normalized spacial score (nSPS) is 12.2. The Labute approximate surface area is 118 Å². The van der Waals surface area contributed by atoms with E-state index in [4.69, 9.17) is 14.2 Å². The number of esters is 2. The fourth-order valence-corrected chi connectivity index (χ4v) is 1.27. The molecule has 0 aromatic carbocycles. The van der Waals surface area contributed by atoms with Crippen molar-refractivity contribution in [1.82, 2.24) is 5.32 Å². The van der Waals surface area contributed by atoms with Gasteiger partial charge in [0, 0.05) is 0 Å². The van der Waals surface area contributed by atoms with Crippen LogP contribution >= 0.6 is 0 Å². The van der Waals surface area contributed by atoms with Crippen LogP contribution in [0.5, 0.6) is 0 Å². The summed E-state index contributed by atoms with van der Waals surface area (Å²) in [5.74, 6) is -1.30. The maximum atomic E-state index is 11.7. The largest absolute Gasteiger partial charge is 0.466 e. The molecule has 0 radical (unpaired) electrons. The Kier molecular flexibility index (Phi) is 7.64. The fourth-order valence-electron chi connectivity index (χ4n) is 1.27. The minimum Gasteiger partial charge on any atom is -0.466 e. The molecule has 1 atom stereocenters. The first-order chi connectivity index (χ1) is 9.19. The van der Waals surface area contributed by atoms with E-state index in [1.165, 1.54) is 0 Å². The van der Waals surface area contributed by atoms with E-state index in [0.29, 0.717) is 0 Å². The minimum atomic E-state index is -1.12. The molecule has 0 aliphatic carbocycles. The summed E-state index contributed by atoms with van der Waals surface area (Å²) in [6.07, 6.45) is -1.09. The summed E-state index contributed by atoms with van der Waals surface area (Å²) < 4.78 is 14.6. The molecule has 1 N–H and O–H groups in total. The number of rotatable bonds is 6. The number of hydrogen-bond donors (Lipinski definition) is 1. The number of alkyl carbamates (subject to hydrolysis) is 1. The van der Waals surface area contributed by atoms with E-state index in [1.54, 1.807) is 34.6 Å². The number of hydrogen-bond acceptors (Lipinski definition) is 6. The van der Waals surface area contributed by atoms with Gasteiger partial charge in [0.2, 0.25) is 0 Å². The first kappa shape index (κ1) is 18.2. The quantitative estimate of drug-likeness (QED) is 0.587. The number of ether oxygens (including phenoxy) is 3. The maximum Gasteiger partial charge on any atom is 0.408 e. The first-order valence-corrected chi connectivity index (χ1v) is 6.51. The second-order valence-electron chi connectivity index (χ2n) is 4.96. The lowest BCUT2D eigenvalue weighted by molar-refractivity contribution is -0.152. The van der Waals surface area contributed by atoms with E-state index in [2.05, 4.69) is 5.32 Å². The lowest BCUT2D eigenvalue weighted by Crippen LogP contribution is -2.45. The summed E-state index contributed by atoms with van der Waals surface area (Å²) in [5, 5.41) is 2.31. The van der Waals surface area contributed by atoms with Crippen molar-refractivity contribution in [2.45, 2.75) is 52.7 Å². The van der Waals surface area contributed by atoms with Crippen LogP contribution in [-0.2, 0) is 23.8 Å². The molecule has 0 aliphatic rings. The van der Waals surface area contributed by atoms with E-state index >= 15 is 0 Å². The molecule has 7 heteroatoms. The van der Waals surface area contributed by atoms with Crippen LogP contribution in [0.3, 0.4) is 0 Å². The van der Waals surface area contributed by atoms with Gasteiger partial charge in [0.1, 0.15) is 11.6 Å². The third-order valence-electron chi connectivity index (χ3n) is 1.94. The van der Waals surface area contributed by atoms with E-state index in [-0.39, 0.29) is 19.6 Å². The van der Waals surface area contributed by atoms with Crippen molar-refractivity contribution in [3.8, 4) is 0 Å². The lowest BCUT2D eigenvalue weighted by Gasteiger charge is -2.22. The topological polar surface area (TPSA) is 90.9 Å². The summed E-state index contributed by atoms with van der Waals surface area (Å²) in [6.45, 7) is 8.70. The van der Waals surface area contributed by atoms with Gasteiger partial charge in [-0.25, -0.2) is 9.59 Å². The Balaban J connectivity index is 4.64. The first-order valence-electron chi connectivity index (χ1n) is 6.51. The lowest BCUT2D eigenvalue weighted by atomic mass is 10.2. The Morgan fingerprint density at radius 3 is 2.05 bits per heavy atom. The predicted molar refractivity (Wildman–Crippen MR) is 71.0 cm³/mol. The average Bonchev–Trinajstić information content (AvgIpc) is 2.26. The van der Waals surface area contributed by atoms with Gasteiger partial charge in [-0.05, 0) is 34.6 Å². The zero-order chi connectivity index (χ0) is 15.8. The molecule has 0 aromatic heterocycles. The fraction of sp³-hybridized carbons (Fsp3) is 0.769. The van der Waals surface area contributed by atoms with E-state index in [9.17, 15) is 14.4 Å². The van der Waals surface area contributed by atoms with Crippen LogP contribution in [0, 0.1) is 0 Å². The van der Waals surface area contributed by atoms with Crippen LogP contribution in [-0.4, -0.2) is 42.9 Å². The van der Waals surface area contributed by atoms with Crippen LogP contribution in [0.2, 0.25) is 0 Å². The zero-order valence-electron chi connectivity index (χ0n) is 12.6. The average molecular weight is 289 g/mol. The van der Waals surface area contributed by atoms with Crippen LogP contribution in [0.1, 0.15) is 41.0 Å². The highest BCUT2D eigenvalue weighted by atomic mass is 16.6. The molecular weight excluding hydrogens is 266 g/mol. The Morgan fingerprint density at radius 1 is 1.05 bits per heavy atom. The molecular formula is C13H23NO6. The van der Waals surface area contributed by atoms with Crippen LogP contribution < -0.4 is 5.32 Å². The molecule has 0 saturated heterocycles. The number of nitrogens with one attached hydrogen (secondary N) is 1. The summed E-state index contributed by atoms with van der Waals surface area (Å²) in [5.41, 5.74) is -0.701. The highest BCUT2D eigenvalue weighted by Gasteiger charge is 2.28. The minimum absolute atomic E-state index is 0.147. The highest BCUT2D eigenvalue weighted by molar-refractivity contribution is 5.86. The van der Waals surface area contributed by atoms with Gasteiger partial charge >= 0.3 is 18.0 Å². The SMILES string of the molecule is CCOC(=O)C[C@@H](NC(=O)OC(C)(C)C)C(=O)OCC. The van der Waals surface area contributed by atoms with Crippen LogP contribution in [0.15, 0.2) is 0 Å². The molecule has 0 rings (SSSR count). The van der Waals surface area contributed by atoms with Crippen LogP contribution in [0.25, 0.3) is 0 Å². The molecule has 0 bridgehead atoms. The third kappa shape index (κ3) is 8.34. The predicted octanol–water partition coefficient (Wildman–Crippen LogP) is 1.40. The van der Waals surface area contributed by atoms with Gasteiger partial charge in [0.05, 0.1) is 19.6 Å². The van der Waals surface area contributed by atoms with Gasteiger partial charge in [-0.3, -0.25) is 4.79 Å². The summed E-state index contributed by atoms with van der Waals surface area (Å²) in [7, 11) is 0. The molecule has 0 spiro atoms. The zero-order valence-corrected chi connectivity index (χ0v) is 12.6. The second kappa shape index (κ2) is 8.39. The van der Waals surface area contributed by atoms with Gasteiger partial charge in [0.25, 0.3) is 0 Å². The Hall–Kier alpha value is -1.79. The van der Waals surface area contributed by atoms with E-state index < -0.39 is 29.7 Å². The van der Waals surface area contributed by atoms with Crippen molar-refractivity contribution < 1.29 is 28.6 Å². The van der Waals surface area contributed by atoms with E-state index in [0.717, 1.165) is 0 Å². The molecule has 116 valence electrons. The van der Waals surface area contributed by atoms with Crippen molar-refractivity contribution in [2.24, 2.45) is 0 Å². The second-order valence-corrected chi connectivity index (χ2v) is 4.96. The molecule has 0 fully saturated rings. The molecule has 7 nitrogen and oxygen atoms in total. The van der Waals surface area contributed by atoms with Crippen molar-refractivity contribution >= 4 is 18.0 Å². The summed E-state index contributed by atoms with van der Waals surface area (Å²) in [4.78, 5) is 34.7. The van der Waals surface area contributed by atoms with Crippen molar-refractivity contribution in [3.05, 3.63) is 0 Å². The molecule has 1 amide bonds. The number of carbonyl (C=O) groups is 3. The van der Waals surface area contributed by atoms with Gasteiger partial charge in [-0.1, -0.05) is 0 Å². The molecule has 0 aliphatic heterocycles. The summed E-state index contributed by atoms with van der Waals surface area (Å²) in [6, 6.07) is -1.12. The van der Waals surface area contributed by atoms with Gasteiger partial charge in [-0.15, -0.1) is 0 Å². The van der Waals surface area contributed by atoms with Crippen molar-refractivity contribution in [2.75, 3.05) is 13.2 Å². The Bertz CT molecular complexity index is 347. The van der Waals surface area contributed by atoms with Gasteiger partial charge < -0.3 is 19.5 Å². The monoisotopic (exact) mass is 289 g/mol. The highest BCUT2D eigenvalue weighted by Crippen LogP contribution is 2.08. The van der Waals surface area contributed by atoms with Crippen LogP contribution in [0.4, 0.5) is 4.79 Å². The van der Waals surface area contributed by atoms with Crippen molar-refractivity contribution in [3.63, 3.8) is 0 Å². The Morgan fingerprint density at radius 2 is 1.60 bits per heavy atom. The smallest absolute Gasteiger partial charge is 0.408 e. The molecule has 0 unspecified atom stereocenters. The standard InChI is InChI=1S/C13H23NO6/c1-6-18-10(15)8-9(11(16)19-7-2)14-12(17)20-13(3,4)5/h9H,6-8H2,1-5H3,(H,14,17)/t9-/m1/s1. The molecule has 0 aromatic rings. The molecule has 0 saturated carbocycles. The van der Waals surface area contributed by atoms with Crippen molar-refractivity contribution in [1.29, 1.82) is 0 Å². The molecule has 0 heterocycles. The number of amides is 1. The summed E-state index contributed by atoms with van der Waals surface area (Å²) >= 11 is 0. The molecule has 20 heavy (non-hydrogen) atoms. The maximum absolute atomic E-state index is 11.7. The van der Waals surface area contributed by atoms with Gasteiger partial charge in [-0.2, -0.15) is 0 Å². The van der Waals surface area contributed by atoms with Gasteiger partial charge in [0.15, 0.2) is 0 Å². The number of carbonyl (C=O) groups excluding carboxylic acids is 3.